The number of para-hydroxylation sites is 4. The third-order valence-electron chi connectivity index (χ3n) is 7.24. The van der Waals surface area contributed by atoms with Gasteiger partial charge in [-0.2, -0.15) is 0 Å². The van der Waals surface area contributed by atoms with Crippen LogP contribution in [0.3, 0.4) is 0 Å². The molecule has 1 fully saturated rings. The minimum absolute atomic E-state index is 0.143. The van der Waals surface area contributed by atoms with Crippen LogP contribution in [-0.4, -0.2) is 27.1 Å². The van der Waals surface area contributed by atoms with Crippen molar-refractivity contribution >= 4 is 35.2 Å². The number of benzene rings is 4. The second kappa shape index (κ2) is 12.5. The van der Waals surface area contributed by atoms with Gasteiger partial charge in [-0.1, -0.05) is 72.8 Å². The van der Waals surface area contributed by atoms with Gasteiger partial charge in [0.25, 0.3) is 17.4 Å². The number of rotatable bonds is 8. The summed E-state index contributed by atoms with van der Waals surface area (Å²) in [5.41, 5.74) is 6.31. The van der Waals surface area contributed by atoms with Crippen LogP contribution in [0.15, 0.2) is 155 Å². The smallest absolute Gasteiger partial charge is 0.283 e. The zero-order valence-electron chi connectivity index (χ0n) is 24.3. The lowest BCUT2D eigenvalue weighted by molar-refractivity contribution is -0.278. The third kappa shape index (κ3) is 5.42. The number of carbonyl (C=O) groups is 3. The monoisotopic (exact) mass is 608 g/mol. The first-order valence-electron chi connectivity index (χ1n) is 14.2. The van der Waals surface area contributed by atoms with Crippen molar-refractivity contribution in [3.63, 3.8) is 0 Å². The predicted molar refractivity (Wildman–Crippen MR) is 173 cm³/mol. The second-order valence-corrected chi connectivity index (χ2v) is 10.1. The van der Waals surface area contributed by atoms with Gasteiger partial charge in [-0.15, -0.1) is 0 Å². The van der Waals surface area contributed by atoms with E-state index in [1.165, 1.54) is 43.7 Å². The van der Waals surface area contributed by atoms with Crippen molar-refractivity contribution in [3.05, 3.63) is 167 Å². The van der Waals surface area contributed by atoms with E-state index >= 15 is 0 Å². The number of carbonyl (C=O) groups excluding carboxylic acids is 3. The molecule has 0 unspecified atom stereocenters. The van der Waals surface area contributed by atoms with Gasteiger partial charge in [-0.25, -0.2) is 14.7 Å². The number of allylic oxidation sites excluding steroid dienone is 2. The molecule has 0 spiro atoms. The molecule has 4 aromatic carbocycles. The van der Waals surface area contributed by atoms with E-state index in [9.17, 15) is 24.3 Å². The summed E-state index contributed by atoms with van der Waals surface area (Å²) in [6.07, 6.45) is 4.86. The zero-order valence-corrected chi connectivity index (χ0v) is 24.3. The fraction of sp³-hybridized carbons (Fsp3) is 0. The summed E-state index contributed by atoms with van der Waals surface area (Å²) in [6.45, 7) is 0. The highest BCUT2D eigenvalue weighted by Crippen LogP contribution is 2.31. The van der Waals surface area contributed by atoms with E-state index in [-0.39, 0.29) is 16.7 Å². The van der Waals surface area contributed by atoms with Gasteiger partial charge in [0, 0.05) is 11.5 Å². The highest BCUT2D eigenvalue weighted by Gasteiger charge is 2.42. The Bertz CT molecular complexity index is 2020. The van der Waals surface area contributed by atoms with Crippen molar-refractivity contribution in [1.82, 2.24) is 9.36 Å². The van der Waals surface area contributed by atoms with Crippen molar-refractivity contribution in [3.8, 4) is 17.3 Å². The quantitative estimate of drug-likeness (QED) is 0.161. The molecule has 1 aromatic heterocycles. The topological polar surface area (TPSA) is 134 Å². The van der Waals surface area contributed by atoms with Crippen LogP contribution in [0.25, 0.3) is 17.5 Å². The van der Waals surface area contributed by atoms with Crippen molar-refractivity contribution in [2.75, 3.05) is 10.0 Å². The molecule has 46 heavy (non-hydrogen) atoms. The van der Waals surface area contributed by atoms with Gasteiger partial charge in [-0.05, 0) is 72.8 Å². The standard InChI is InChI=1S/C36H27N5O5/c37-32(42)25(21-23-30-33(43)38(26-13-5-1-6-14-26)39(34(30)44)27-15-7-2-8-16-27)22-24-31-35(45)40(28-17-9-3-10-18-28)41(36(31)46)29-19-11-4-12-20-29/h1-24,43H,(H2,37,42)/p-1/b23-21+,25-22-. The molecule has 226 valence electrons. The van der Waals surface area contributed by atoms with Gasteiger partial charge in [0.05, 0.1) is 28.3 Å². The number of amides is 3. The molecule has 0 atom stereocenters. The molecule has 1 saturated heterocycles. The highest BCUT2D eigenvalue weighted by molar-refractivity contribution is 6.36. The average Bonchev–Trinajstić information content (AvgIpc) is 3.49. The number of aromatic nitrogens is 2. The molecular formula is C36H26N5O5-. The fourth-order valence-corrected chi connectivity index (χ4v) is 5.06. The summed E-state index contributed by atoms with van der Waals surface area (Å²) in [5, 5.41) is 16.1. The number of primary amides is 1. The Balaban J connectivity index is 1.41. The number of nitrogens with two attached hydrogens (primary N) is 1. The molecule has 0 bridgehead atoms. The SMILES string of the molecule is NC(=O)C(=C\C=C1C(=O)N(c2ccccc2)N(c2ccccc2)C1=O)/C=C/c1c([O-])n(-c2ccccc2)n(-c2ccccc2)c1=O. The normalized spacial score (nSPS) is 13.6. The van der Waals surface area contributed by atoms with Gasteiger partial charge >= 0.3 is 0 Å². The van der Waals surface area contributed by atoms with Gasteiger partial charge in [0.1, 0.15) is 5.57 Å². The molecule has 0 aliphatic carbocycles. The molecule has 3 amide bonds. The van der Waals surface area contributed by atoms with E-state index in [0.717, 1.165) is 0 Å². The summed E-state index contributed by atoms with van der Waals surface area (Å²) < 4.78 is 2.50. The summed E-state index contributed by atoms with van der Waals surface area (Å²) in [7, 11) is 0. The van der Waals surface area contributed by atoms with Crippen LogP contribution >= 0.6 is 0 Å². The van der Waals surface area contributed by atoms with Gasteiger partial charge in [0.15, 0.2) is 0 Å². The lowest BCUT2D eigenvalue weighted by Gasteiger charge is -2.27. The lowest BCUT2D eigenvalue weighted by atomic mass is 10.1. The largest absolute Gasteiger partial charge is 0.858 e. The molecule has 10 heteroatoms. The molecule has 6 rings (SSSR count). The summed E-state index contributed by atoms with van der Waals surface area (Å²) in [6, 6.07) is 34.7. The molecule has 5 aromatic rings. The van der Waals surface area contributed by atoms with E-state index in [2.05, 4.69) is 0 Å². The van der Waals surface area contributed by atoms with E-state index in [1.54, 1.807) is 121 Å². The van der Waals surface area contributed by atoms with Crippen LogP contribution in [0, 0.1) is 0 Å². The van der Waals surface area contributed by atoms with Crippen molar-refractivity contribution < 1.29 is 19.5 Å². The van der Waals surface area contributed by atoms with E-state index in [1.807, 2.05) is 0 Å². The van der Waals surface area contributed by atoms with Crippen LogP contribution in [0.1, 0.15) is 5.56 Å². The van der Waals surface area contributed by atoms with Crippen LogP contribution in [0.5, 0.6) is 5.88 Å². The lowest BCUT2D eigenvalue weighted by Crippen LogP contribution is -2.41. The Labute approximate surface area is 263 Å². The van der Waals surface area contributed by atoms with Crippen LogP contribution in [0.2, 0.25) is 0 Å². The highest BCUT2D eigenvalue weighted by atomic mass is 16.3. The first-order chi connectivity index (χ1) is 22.4. The molecule has 0 saturated carbocycles. The Morgan fingerprint density at radius 3 is 1.46 bits per heavy atom. The minimum atomic E-state index is -0.899. The maximum atomic E-state index is 13.6. The Morgan fingerprint density at radius 1 is 0.609 bits per heavy atom. The average molecular weight is 609 g/mol. The number of hydrogen-bond acceptors (Lipinski definition) is 5. The van der Waals surface area contributed by atoms with Crippen LogP contribution < -0.4 is 26.4 Å². The van der Waals surface area contributed by atoms with Crippen LogP contribution in [0.4, 0.5) is 11.4 Å². The molecule has 2 N–H and O–H groups in total. The molecule has 10 nitrogen and oxygen atoms in total. The van der Waals surface area contributed by atoms with E-state index in [4.69, 9.17) is 5.73 Å². The predicted octanol–water partition coefficient (Wildman–Crippen LogP) is 4.05. The van der Waals surface area contributed by atoms with Gasteiger partial charge in [0.2, 0.25) is 5.91 Å². The van der Waals surface area contributed by atoms with Crippen molar-refractivity contribution in [2.24, 2.45) is 5.73 Å². The van der Waals surface area contributed by atoms with Crippen LogP contribution in [-0.2, 0) is 14.4 Å². The third-order valence-corrected chi connectivity index (χ3v) is 7.24. The van der Waals surface area contributed by atoms with Gasteiger partial charge in [-0.3, -0.25) is 23.9 Å². The summed E-state index contributed by atoms with van der Waals surface area (Å²) in [4.78, 5) is 53.3. The number of hydrogen-bond donors (Lipinski definition) is 1. The Morgan fingerprint density at radius 2 is 1.02 bits per heavy atom. The maximum absolute atomic E-state index is 13.6. The first kappa shape index (κ1) is 29.4. The number of nitrogens with zero attached hydrogens (tertiary/aromatic N) is 4. The van der Waals surface area contributed by atoms with Crippen molar-refractivity contribution in [1.29, 1.82) is 0 Å². The summed E-state index contributed by atoms with van der Waals surface area (Å²) in [5.74, 6) is -2.74. The zero-order chi connectivity index (χ0) is 32.2. The van der Waals surface area contributed by atoms with Gasteiger partial charge < -0.3 is 10.8 Å². The molecule has 1 aliphatic heterocycles. The molecular weight excluding hydrogens is 582 g/mol. The van der Waals surface area contributed by atoms with E-state index < -0.39 is 29.2 Å². The minimum Gasteiger partial charge on any atom is -0.858 e. The summed E-state index contributed by atoms with van der Waals surface area (Å²) >= 11 is 0. The molecule has 1 aliphatic rings. The maximum Gasteiger partial charge on any atom is 0.283 e. The Hall–Kier alpha value is -6.68. The van der Waals surface area contributed by atoms with E-state index in [0.29, 0.717) is 22.7 Å². The second-order valence-electron chi connectivity index (χ2n) is 10.1. The fourth-order valence-electron chi connectivity index (χ4n) is 5.06. The van der Waals surface area contributed by atoms with Crippen molar-refractivity contribution in [2.45, 2.75) is 0 Å². The Kier molecular flexibility index (Phi) is 7.99. The number of hydrazine groups is 1. The molecule has 0 radical (unpaired) electrons. The molecule has 2 heterocycles. The first-order valence-corrected chi connectivity index (χ1v) is 14.2. The number of anilines is 2.